The van der Waals surface area contributed by atoms with Gasteiger partial charge in [-0.25, -0.2) is 0 Å². The lowest BCUT2D eigenvalue weighted by Crippen LogP contribution is -2.24. The number of carbonyl (C=O) groups excluding carboxylic acids is 2. The third-order valence-electron chi connectivity index (χ3n) is 5.96. The standard InChI is InChI=1S/C28H29NO3/c30-27(24-14-13-22-11-6-12-23(22)17-24)15-16-28(31)29-18-25-9-4-5-10-26(25)20-32-19-21-7-2-1-3-8-21/h1-5,7-10,13-14,17H,6,11-12,15-16,18-20H2,(H,29,31). The monoisotopic (exact) mass is 427 g/mol. The van der Waals surface area contributed by atoms with Crippen molar-refractivity contribution in [3.8, 4) is 0 Å². The smallest absolute Gasteiger partial charge is 0.220 e. The summed E-state index contributed by atoms with van der Waals surface area (Å²) in [7, 11) is 0. The number of hydrogen-bond acceptors (Lipinski definition) is 3. The van der Waals surface area contributed by atoms with E-state index < -0.39 is 0 Å². The molecule has 164 valence electrons. The molecule has 0 saturated heterocycles. The fourth-order valence-corrected chi connectivity index (χ4v) is 4.12. The number of hydrogen-bond donors (Lipinski definition) is 1. The first kappa shape index (κ1) is 22.0. The molecule has 1 amide bonds. The fourth-order valence-electron chi connectivity index (χ4n) is 4.12. The van der Waals surface area contributed by atoms with E-state index in [1.165, 1.54) is 11.1 Å². The third kappa shape index (κ3) is 5.92. The van der Waals surface area contributed by atoms with Crippen molar-refractivity contribution in [1.29, 1.82) is 0 Å². The summed E-state index contributed by atoms with van der Waals surface area (Å²) in [5.74, 6) is -0.0796. The van der Waals surface area contributed by atoms with Crippen molar-refractivity contribution in [2.75, 3.05) is 0 Å². The number of Topliss-reactive ketones (excluding diaryl/α,β-unsaturated/α-hetero) is 1. The van der Waals surface area contributed by atoms with E-state index in [4.69, 9.17) is 4.74 Å². The Morgan fingerprint density at radius 1 is 0.781 bits per heavy atom. The molecule has 0 fully saturated rings. The first-order chi connectivity index (χ1) is 15.7. The molecule has 0 aromatic heterocycles. The number of benzene rings is 3. The summed E-state index contributed by atoms with van der Waals surface area (Å²) in [4.78, 5) is 24.9. The molecule has 32 heavy (non-hydrogen) atoms. The highest BCUT2D eigenvalue weighted by Crippen LogP contribution is 2.23. The molecule has 0 unspecified atom stereocenters. The van der Waals surface area contributed by atoms with Crippen LogP contribution in [0.2, 0.25) is 0 Å². The van der Waals surface area contributed by atoms with Crippen LogP contribution in [-0.2, 0) is 42.1 Å². The Hall–Kier alpha value is -3.24. The first-order valence-electron chi connectivity index (χ1n) is 11.3. The Labute approximate surface area is 189 Å². The zero-order valence-corrected chi connectivity index (χ0v) is 18.3. The van der Waals surface area contributed by atoms with Gasteiger partial charge in [-0.1, -0.05) is 66.7 Å². The van der Waals surface area contributed by atoms with Crippen LogP contribution in [0, 0.1) is 0 Å². The minimum atomic E-state index is -0.112. The number of carbonyl (C=O) groups is 2. The van der Waals surface area contributed by atoms with Crippen LogP contribution in [0.15, 0.2) is 72.8 Å². The summed E-state index contributed by atoms with van der Waals surface area (Å²) in [6.45, 7) is 1.46. The Balaban J connectivity index is 1.23. The summed E-state index contributed by atoms with van der Waals surface area (Å²) >= 11 is 0. The lowest BCUT2D eigenvalue weighted by atomic mass is 10.0. The van der Waals surface area contributed by atoms with Gasteiger partial charge in [-0.05, 0) is 53.1 Å². The lowest BCUT2D eigenvalue weighted by Gasteiger charge is -2.11. The summed E-state index contributed by atoms with van der Waals surface area (Å²) in [5, 5.41) is 2.95. The Kier molecular flexibility index (Phi) is 7.47. The number of ether oxygens (including phenoxy) is 1. The van der Waals surface area contributed by atoms with Crippen molar-refractivity contribution in [3.05, 3.63) is 106 Å². The van der Waals surface area contributed by atoms with Crippen molar-refractivity contribution in [1.82, 2.24) is 5.32 Å². The van der Waals surface area contributed by atoms with E-state index in [-0.39, 0.29) is 24.5 Å². The van der Waals surface area contributed by atoms with Gasteiger partial charge >= 0.3 is 0 Å². The SMILES string of the molecule is O=C(CCC(=O)c1ccc2c(c1)CCC2)NCc1ccccc1COCc1ccccc1. The first-order valence-corrected chi connectivity index (χ1v) is 11.3. The van der Waals surface area contributed by atoms with Crippen molar-refractivity contribution >= 4 is 11.7 Å². The van der Waals surface area contributed by atoms with Crippen LogP contribution >= 0.6 is 0 Å². The average molecular weight is 428 g/mol. The van der Waals surface area contributed by atoms with E-state index >= 15 is 0 Å². The number of rotatable bonds is 10. The highest BCUT2D eigenvalue weighted by molar-refractivity contribution is 5.98. The Morgan fingerprint density at radius 2 is 1.53 bits per heavy atom. The Morgan fingerprint density at radius 3 is 2.38 bits per heavy atom. The highest BCUT2D eigenvalue weighted by atomic mass is 16.5. The van der Waals surface area contributed by atoms with Gasteiger partial charge in [0, 0.05) is 24.9 Å². The molecule has 0 spiro atoms. The molecule has 0 atom stereocenters. The molecular weight excluding hydrogens is 398 g/mol. The summed E-state index contributed by atoms with van der Waals surface area (Å²) in [5.41, 5.74) is 6.57. The van der Waals surface area contributed by atoms with E-state index in [9.17, 15) is 9.59 Å². The fraction of sp³-hybridized carbons (Fsp3) is 0.286. The molecule has 4 heteroatoms. The molecule has 4 rings (SSSR count). The summed E-state index contributed by atoms with van der Waals surface area (Å²) < 4.78 is 5.86. The zero-order chi connectivity index (χ0) is 22.2. The molecule has 3 aromatic carbocycles. The molecule has 0 saturated carbocycles. The maximum atomic E-state index is 12.5. The third-order valence-corrected chi connectivity index (χ3v) is 5.96. The van der Waals surface area contributed by atoms with Gasteiger partial charge in [-0.3, -0.25) is 9.59 Å². The number of fused-ring (bicyclic) bond motifs is 1. The van der Waals surface area contributed by atoms with E-state index in [0.29, 0.717) is 19.8 Å². The summed E-state index contributed by atoms with van der Waals surface area (Å²) in [6.07, 6.45) is 3.74. The van der Waals surface area contributed by atoms with Crippen LogP contribution in [-0.4, -0.2) is 11.7 Å². The van der Waals surface area contributed by atoms with Crippen LogP contribution in [0.3, 0.4) is 0 Å². The van der Waals surface area contributed by atoms with E-state index in [0.717, 1.165) is 41.5 Å². The van der Waals surface area contributed by atoms with E-state index in [1.807, 2.05) is 66.7 Å². The second-order valence-electron chi connectivity index (χ2n) is 8.28. The van der Waals surface area contributed by atoms with Gasteiger partial charge in [-0.15, -0.1) is 0 Å². The molecule has 1 aliphatic rings. The van der Waals surface area contributed by atoms with Gasteiger partial charge in [0.15, 0.2) is 5.78 Å². The molecule has 0 aliphatic heterocycles. The van der Waals surface area contributed by atoms with Crippen LogP contribution < -0.4 is 5.32 Å². The number of nitrogens with one attached hydrogen (secondary N) is 1. The molecule has 4 nitrogen and oxygen atoms in total. The van der Waals surface area contributed by atoms with Crippen LogP contribution in [0.1, 0.15) is 57.4 Å². The predicted molar refractivity (Wildman–Crippen MR) is 125 cm³/mol. The summed E-state index contributed by atoms with van der Waals surface area (Å²) in [6, 6.07) is 24.0. The topological polar surface area (TPSA) is 55.4 Å². The van der Waals surface area contributed by atoms with Crippen LogP contribution in [0.4, 0.5) is 0 Å². The number of amides is 1. The van der Waals surface area contributed by atoms with Crippen molar-refractivity contribution in [2.45, 2.75) is 51.9 Å². The maximum absolute atomic E-state index is 12.5. The van der Waals surface area contributed by atoms with Gasteiger partial charge in [0.2, 0.25) is 5.91 Å². The maximum Gasteiger partial charge on any atom is 0.220 e. The van der Waals surface area contributed by atoms with Crippen molar-refractivity contribution < 1.29 is 14.3 Å². The molecule has 1 aliphatic carbocycles. The molecule has 3 aromatic rings. The molecule has 0 radical (unpaired) electrons. The molecule has 0 heterocycles. The Bertz CT molecular complexity index is 1080. The normalized spacial score (nSPS) is 12.4. The van der Waals surface area contributed by atoms with Crippen LogP contribution in [0.5, 0.6) is 0 Å². The average Bonchev–Trinajstić information content (AvgIpc) is 3.30. The number of ketones is 1. The van der Waals surface area contributed by atoms with Gasteiger partial charge in [-0.2, -0.15) is 0 Å². The largest absolute Gasteiger partial charge is 0.372 e. The van der Waals surface area contributed by atoms with Crippen molar-refractivity contribution in [3.63, 3.8) is 0 Å². The van der Waals surface area contributed by atoms with Gasteiger partial charge in [0.1, 0.15) is 0 Å². The predicted octanol–water partition coefficient (Wildman–Crippen LogP) is 5.17. The van der Waals surface area contributed by atoms with E-state index in [2.05, 4.69) is 11.4 Å². The minimum absolute atomic E-state index is 0.0320. The van der Waals surface area contributed by atoms with E-state index in [1.54, 1.807) is 0 Å². The highest BCUT2D eigenvalue weighted by Gasteiger charge is 2.15. The second-order valence-corrected chi connectivity index (χ2v) is 8.28. The lowest BCUT2D eigenvalue weighted by molar-refractivity contribution is -0.121. The zero-order valence-electron chi connectivity index (χ0n) is 18.3. The second kappa shape index (κ2) is 10.9. The van der Waals surface area contributed by atoms with Crippen molar-refractivity contribution in [2.24, 2.45) is 0 Å². The molecular formula is C28H29NO3. The minimum Gasteiger partial charge on any atom is -0.372 e. The number of aryl methyl sites for hydroxylation is 2. The molecule has 0 bridgehead atoms. The van der Waals surface area contributed by atoms with Crippen LogP contribution in [0.25, 0.3) is 0 Å². The quantitative estimate of drug-likeness (QED) is 0.454. The van der Waals surface area contributed by atoms with Gasteiger partial charge < -0.3 is 10.1 Å². The van der Waals surface area contributed by atoms with Gasteiger partial charge in [0.25, 0.3) is 0 Å². The molecule has 1 N–H and O–H groups in total. The van der Waals surface area contributed by atoms with Gasteiger partial charge in [0.05, 0.1) is 13.2 Å².